The number of allylic oxidation sites excluding steroid dienone is 2. The predicted molar refractivity (Wildman–Crippen MR) is 278 cm³/mol. The first kappa shape index (κ1) is 62.6. The Bertz CT molecular complexity index is 970. The summed E-state index contributed by atoms with van der Waals surface area (Å²) in [4.78, 5) is 26.2. The number of aliphatic hydroxyl groups is 2. The molecule has 0 heterocycles. The first-order valence-corrected chi connectivity index (χ1v) is 28.9. The standard InChI is InChI=1S/C58H113NO5/c1-4-7-10-13-16-19-22-25-27-29-32-34-37-40-43-46-49-54(64-58(63)51-48-45-42-39-36-31-24-21-18-15-12-9-6-3)52-57(62)59-55(53-60)56(61)50-47-44-41-38-35-33-30-28-26-23-20-17-14-11-8-5-2/h32,34,54-56,60-61H,4-31,33,35-53H2,1-3H3,(H,59,62)/b34-32+. The molecule has 0 aromatic carbocycles. The average Bonchev–Trinajstić information content (AvgIpc) is 3.29. The number of hydrogen-bond donors (Lipinski definition) is 3. The van der Waals surface area contributed by atoms with Crippen LogP contribution in [0.2, 0.25) is 0 Å². The third-order valence-electron chi connectivity index (χ3n) is 13.6. The number of unbranched alkanes of at least 4 members (excludes halogenated alkanes) is 39. The summed E-state index contributed by atoms with van der Waals surface area (Å²) >= 11 is 0. The summed E-state index contributed by atoms with van der Waals surface area (Å²) in [5.74, 6) is -0.467. The second-order valence-corrected chi connectivity index (χ2v) is 20.1. The van der Waals surface area contributed by atoms with E-state index in [1.807, 2.05) is 0 Å². The van der Waals surface area contributed by atoms with Crippen LogP contribution in [-0.2, 0) is 14.3 Å². The van der Waals surface area contributed by atoms with Crippen LogP contribution < -0.4 is 5.32 Å². The lowest BCUT2D eigenvalue weighted by atomic mass is 10.0. The summed E-state index contributed by atoms with van der Waals surface area (Å²) in [5, 5.41) is 23.9. The number of rotatable bonds is 53. The number of aliphatic hydroxyl groups excluding tert-OH is 2. The van der Waals surface area contributed by atoms with Crippen molar-refractivity contribution >= 4 is 11.9 Å². The van der Waals surface area contributed by atoms with Crippen molar-refractivity contribution in [3.05, 3.63) is 12.2 Å². The van der Waals surface area contributed by atoms with Gasteiger partial charge in [-0.2, -0.15) is 0 Å². The highest BCUT2D eigenvalue weighted by atomic mass is 16.5. The lowest BCUT2D eigenvalue weighted by molar-refractivity contribution is -0.151. The Morgan fingerprint density at radius 3 is 1.12 bits per heavy atom. The molecule has 64 heavy (non-hydrogen) atoms. The lowest BCUT2D eigenvalue weighted by Crippen LogP contribution is -2.46. The molecule has 3 N–H and O–H groups in total. The minimum absolute atomic E-state index is 0.0747. The van der Waals surface area contributed by atoms with Gasteiger partial charge >= 0.3 is 5.97 Å². The Balaban J connectivity index is 4.52. The van der Waals surface area contributed by atoms with Gasteiger partial charge < -0.3 is 20.3 Å². The van der Waals surface area contributed by atoms with E-state index in [-0.39, 0.29) is 24.9 Å². The zero-order chi connectivity index (χ0) is 46.7. The van der Waals surface area contributed by atoms with Crippen molar-refractivity contribution in [2.24, 2.45) is 0 Å². The second-order valence-electron chi connectivity index (χ2n) is 20.1. The van der Waals surface area contributed by atoms with Crippen LogP contribution in [0, 0.1) is 0 Å². The van der Waals surface area contributed by atoms with E-state index in [0.717, 1.165) is 57.8 Å². The third-order valence-corrected chi connectivity index (χ3v) is 13.6. The first-order valence-electron chi connectivity index (χ1n) is 28.9. The fourth-order valence-electron chi connectivity index (χ4n) is 9.19. The van der Waals surface area contributed by atoms with E-state index in [1.54, 1.807) is 0 Å². The number of amides is 1. The summed E-state index contributed by atoms with van der Waals surface area (Å²) in [5.41, 5.74) is 0. The molecule has 0 aromatic heterocycles. The molecule has 3 unspecified atom stereocenters. The molecule has 3 atom stereocenters. The van der Waals surface area contributed by atoms with Crippen LogP contribution in [0.25, 0.3) is 0 Å². The Morgan fingerprint density at radius 1 is 0.438 bits per heavy atom. The van der Waals surface area contributed by atoms with Gasteiger partial charge in [0.15, 0.2) is 0 Å². The highest BCUT2D eigenvalue weighted by molar-refractivity contribution is 5.77. The van der Waals surface area contributed by atoms with Gasteiger partial charge in [-0.3, -0.25) is 9.59 Å². The Kier molecular flexibility index (Phi) is 51.4. The molecule has 0 saturated carbocycles. The lowest BCUT2D eigenvalue weighted by Gasteiger charge is -2.24. The Hall–Kier alpha value is -1.40. The summed E-state index contributed by atoms with van der Waals surface area (Å²) in [6.07, 6.45) is 59.9. The van der Waals surface area contributed by atoms with E-state index in [2.05, 4.69) is 38.2 Å². The minimum atomic E-state index is -0.787. The number of ether oxygens (including phenoxy) is 1. The van der Waals surface area contributed by atoms with Crippen LogP contribution in [-0.4, -0.2) is 46.9 Å². The van der Waals surface area contributed by atoms with Gasteiger partial charge in [0, 0.05) is 6.42 Å². The van der Waals surface area contributed by atoms with Crippen molar-refractivity contribution in [1.82, 2.24) is 5.32 Å². The van der Waals surface area contributed by atoms with Gasteiger partial charge in [-0.15, -0.1) is 0 Å². The maximum absolute atomic E-state index is 13.3. The summed E-state index contributed by atoms with van der Waals surface area (Å²) in [6, 6.07) is -0.701. The molecule has 0 saturated heterocycles. The molecule has 0 aromatic rings. The van der Waals surface area contributed by atoms with E-state index < -0.39 is 18.2 Å². The van der Waals surface area contributed by atoms with Crippen LogP contribution in [0.4, 0.5) is 0 Å². The molecule has 0 radical (unpaired) electrons. The van der Waals surface area contributed by atoms with Crippen molar-refractivity contribution in [1.29, 1.82) is 0 Å². The van der Waals surface area contributed by atoms with Gasteiger partial charge in [0.05, 0.1) is 25.2 Å². The average molecular weight is 905 g/mol. The molecule has 380 valence electrons. The van der Waals surface area contributed by atoms with Gasteiger partial charge in [0.1, 0.15) is 6.10 Å². The van der Waals surface area contributed by atoms with Crippen molar-refractivity contribution in [2.45, 2.75) is 341 Å². The molecule has 0 aliphatic carbocycles. The van der Waals surface area contributed by atoms with Crippen molar-refractivity contribution in [3.8, 4) is 0 Å². The van der Waals surface area contributed by atoms with Gasteiger partial charge in [-0.25, -0.2) is 0 Å². The van der Waals surface area contributed by atoms with E-state index in [4.69, 9.17) is 4.74 Å². The SMILES string of the molecule is CCCCCCCCCCC/C=C/CCCCCC(CC(=O)NC(CO)C(O)CCCCCCCCCCCCCCCCCC)OC(=O)CCCCCCCCCCCCCCC. The van der Waals surface area contributed by atoms with E-state index >= 15 is 0 Å². The van der Waals surface area contributed by atoms with Crippen LogP contribution in [0.15, 0.2) is 12.2 Å². The topological polar surface area (TPSA) is 95.9 Å². The van der Waals surface area contributed by atoms with Crippen LogP contribution in [0.3, 0.4) is 0 Å². The summed E-state index contributed by atoms with van der Waals surface area (Å²) < 4.78 is 5.95. The molecule has 0 aliphatic rings. The fraction of sp³-hybridized carbons (Fsp3) is 0.931. The highest BCUT2D eigenvalue weighted by Gasteiger charge is 2.24. The molecule has 0 rings (SSSR count). The quantitative estimate of drug-likeness (QED) is 0.0321. The van der Waals surface area contributed by atoms with Gasteiger partial charge in [-0.05, 0) is 51.4 Å². The largest absolute Gasteiger partial charge is 0.462 e. The molecule has 0 spiro atoms. The minimum Gasteiger partial charge on any atom is -0.462 e. The maximum Gasteiger partial charge on any atom is 0.306 e. The smallest absolute Gasteiger partial charge is 0.306 e. The number of hydrogen-bond acceptors (Lipinski definition) is 5. The molecule has 0 aliphatic heterocycles. The zero-order valence-electron chi connectivity index (χ0n) is 43.4. The van der Waals surface area contributed by atoms with Crippen molar-refractivity contribution in [3.63, 3.8) is 0 Å². The van der Waals surface area contributed by atoms with Gasteiger partial charge in [0.2, 0.25) is 5.91 Å². The maximum atomic E-state index is 13.3. The summed E-state index contributed by atoms with van der Waals surface area (Å²) in [6.45, 7) is 6.52. The number of nitrogens with one attached hydrogen (secondary N) is 1. The molecular weight excluding hydrogens is 791 g/mol. The molecular formula is C58H113NO5. The molecule has 6 heteroatoms. The molecule has 0 fully saturated rings. The van der Waals surface area contributed by atoms with Crippen molar-refractivity contribution in [2.75, 3.05) is 6.61 Å². The van der Waals surface area contributed by atoms with Gasteiger partial charge in [-0.1, -0.05) is 270 Å². The Labute approximate surface area is 399 Å². The van der Waals surface area contributed by atoms with Crippen molar-refractivity contribution < 1.29 is 24.5 Å². The third kappa shape index (κ3) is 47.1. The van der Waals surface area contributed by atoms with Crippen LogP contribution >= 0.6 is 0 Å². The summed E-state index contributed by atoms with van der Waals surface area (Å²) in [7, 11) is 0. The molecule has 1 amide bonds. The molecule has 0 bridgehead atoms. The molecule has 6 nitrogen and oxygen atoms in total. The van der Waals surface area contributed by atoms with E-state index in [9.17, 15) is 19.8 Å². The van der Waals surface area contributed by atoms with E-state index in [0.29, 0.717) is 19.3 Å². The zero-order valence-corrected chi connectivity index (χ0v) is 43.4. The van der Waals surface area contributed by atoms with Gasteiger partial charge in [0.25, 0.3) is 0 Å². The predicted octanol–water partition coefficient (Wildman–Crippen LogP) is 17.7. The fourth-order valence-corrected chi connectivity index (χ4v) is 9.19. The number of carbonyl (C=O) groups is 2. The number of esters is 1. The van der Waals surface area contributed by atoms with E-state index in [1.165, 1.54) is 218 Å². The Morgan fingerprint density at radius 2 is 0.750 bits per heavy atom. The normalized spacial score (nSPS) is 13.1. The van der Waals surface area contributed by atoms with Crippen LogP contribution in [0.1, 0.15) is 323 Å². The highest BCUT2D eigenvalue weighted by Crippen LogP contribution is 2.19. The van der Waals surface area contributed by atoms with Crippen LogP contribution in [0.5, 0.6) is 0 Å². The monoisotopic (exact) mass is 904 g/mol. The first-order chi connectivity index (χ1) is 31.5. The second kappa shape index (κ2) is 52.6. The number of carbonyl (C=O) groups excluding carboxylic acids is 2.